The van der Waals surface area contributed by atoms with Crippen LogP contribution in [0.5, 0.6) is 5.75 Å². The van der Waals surface area contributed by atoms with Gasteiger partial charge in [-0.05, 0) is 43.4 Å². The van der Waals surface area contributed by atoms with E-state index in [0.717, 1.165) is 0 Å². The summed E-state index contributed by atoms with van der Waals surface area (Å²) < 4.78 is 5.21. The van der Waals surface area contributed by atoms with E-state index in [1.807, 2.05) is 0 Å². The van der Waals surface area contributed by atoms with Crippen LogP contribution in [0.3, 0.4) is 0 Å². The van der Waals surface area contributed by atoms with Crippen molar-refractivity contribution in [3.63, 3.8) is 0 Å². The molecule has 1 amide bonds. The Hall–Kier alpha value is -3.72. The van der Waals surface area contributed by atoms with Crippen LogP contribution in [0.2, 0.25) is 0 Å². The molecule has 144 valence electrons. The molecule has 0 aliphatic rings. The number of amides is 1. The fourth-order valence-electron chi connectivity index (χ4n) is 2.56. The molecule has 0 spiro atoms. The molecular weight excluding hydrogens is 364 g/mol. The Kier molecular flexibility index (Phi) is 5.66. The summed E-state index contributed by atoms with van der Waals surface area (Å²) in [5.41, 5.74) is 0.863. The molecule has 9 nitrogen and oxygen atoms in total. The highest BCUT2D eigenvalue weighted by Crippen LogP contribution is 2.20. The summed E-state index contributed by atoms with van der Waals surface area (Å²) in [6.07, 6.45) is 0.114. The van der Waals surface area contributed by atoms with Crippen molar-refractivity contribution in [3.05, 3.63) is 60.0 Å². The van der Waals surface area contributed by atoms with E-state index >= 15 is 0 Å². The van der Waals surface area contributed by atoms with Gasteiger partial charge in [0.25, 0.3) is 0 Å². The lowest BCUT2D eigenvalue weighted by atomic mass is 10.1. The molecule has 0 radical (unpaired) electrons. The first kappa shape index (κ1) is 19.1. The van der Waals surface area contributed by atoms with E-state index in [4.69, 9.17) is 4.52 Å². The van der Waals surface area contributed by atoms with Crippen LogP contribution in [0.15, 0.2) is 53.1 Å². The third kappa shape index (κ3) is 4.33. The third-order valence-electron chi connectivity index (χ3n) is 4.05. The van der Waals surface area contributed by atoms with Crippen molar-refractivity contribution in [2.75, 3.05) is 12.4 Å². The lowest BCUT2D eigenvalue weighted by Gasteiger charge is -2.15. The van der Waals surface area contributed by atoms with Crippen LogP contribution in [0.4, 0.5) is 5.69 Å². The van der Waals surface area contributed by atoms with Gasteiger partial charge in [-0.15, -0.1) is 0 Å². The van der Waals surface area contributed by atoms with Gasteiger partial charge in [-0.3, -0.25) is 4.79 Å². The standard InChI is InChI=1S/C19H18N4O5/c1-20-15(18(25)21-14-5-3-2-4-13(14)19(26)27)10-16-22-17(23-28-16)11-6-8-12(24)9-7-11/h2-9,15,20,24H,10H2,1H3,(H,21,25)(H,26,27). The maximum absolute atomic E-state index is 12.6. The van der Waals surface area contributed by atoms with E-state index in [1.54, 1.807) is 31.3 Å². The second-order valence-corrected chi connectivity index (χ2v) is 5.94. The Morgan fingerprint density at radius 1 is 1.14 bits per heavy atom. The second kappa shape index (κ2) is 8.31. The van der Waals surface area contributed by atoms with E-state index in [1.165, 1.54) is 24.3 Å². The summed E-state index contributed by atoms with van der Waals surface area (Å²) >= 11 is 0. The van der Waals surface area contributed by atoms with E-state index < -0.39 is 17.9 Å². The number of carbonyl (C=O) groups is 2. The van der Waals surface area contributed by atoms with Gasteiger partial charge in [0, 0.05) is 5.56 Å². The van der Waals surface area contributed by atoms with Crippen molar-refractivity contribution in [1.29, 1.82) is 0 Å². The van der Waals surface area contributed by atoms with Crippen LogP contribution >= 0.6 is 0 Å². The molecule has 1 aromatic heterocycles. The normalized spacial score (nSPS) is 11.8. The van der Waals surface area contributed by atoms with Gasteiger partial charge in [0.15, 0.2) is 0 Å². The summed E-state index contributed by atoms with van der Waals surface area (Å²) in [6, 6.07) is 11.7. The fourth-order valence-corrected chi connectivity index (χ4v) is 2.56. The first-order chi connectivity index (χ1) is 13.5. The molecule has 1 atom stereocenters. The number of phenolic OH excluding ortho intramolecular Hbond substituents is 1. The Morgan fingerprint density at radius 3 is 2.54 bits per heavy atom. The van der Waals surface area contributed by atoms with Crippen molar-refractivity contribution >= 4 is 17.6 Å². The highest BCUT2D eigenvalue weighted by atomic mass is 16.5. The quantitative estimate of drug-likeness (QED) is 0.486. The number of carbonyl (C=O) groups excluding carboxylic acids is 1. The van der Waals surface area contributed by atoms with Gasteiger partial charge in [0.05, 0.1) is 23.7 Å². The van der Waals surface area contributed by atoms with Crippen molar-refractivity contribution in [2.24, 2.45) is 0 Å². The number of likely N-dealkylation sites (N-methyl/N-ethyl adjacent to an activating group) is 1. The van der Waals surface area contributed by atoms with Crippen molar-refractivity contribution in [1.82, 2.24) is 15.5 Å². The molecule has 2 aromatic carbocycles. The lowest BCUT2D eigenvalue weighted by molar-refractivity contribution is -0.118. The van der Waals surface area contributed by atoms with Crippen molar-refractivity contribution in [3.8, 4) is 17.1 Å². The molecule has 1 heterocycles. The van der Waals surface area contributed by atoms with Gasteiger partial charge in [0.1, 0.15) is 5.75 Å². The molecule has 3 rings (SSSR count). The van der Waals surface area contributed by atoms with Crippen LogP contribution in [-0.2, 0) is 11.2 Å². The molecule has 0 aliphatic heterocycles. The molecule has 3 aromatic rings. The van der Waals surface area contributed by atoms with Crippen LogP contribution in [0.1, 0.15) is 16.2 Å². The number of benzene rings is 2. The maximum atomic E-state index is 12.6. The number of hydrogen-bond donors (Lipinski definition) is 4. The first-order valence-electron chi connectivity index (χ1n) is 8.40. The Morgan fingerprint density at radius 2 is 1.86 bits per heavy atom. The van der Waals surface area contributed by atoms with Gasteiger partial charge >= 0.3 is 5.97 Å². The van der Waals surface area contributed by atoms with Crippen molar-refractivity contribution < 1.29 is 24.3 Å². The summed E-state index contributed by atoms with van der Waals surface area (Å²) in [5.74, 6) is -0.862. The number of carboxylic acids is 1. The smallest absolute Gasteiger partial charge is 0.337 e. The molecule has 1 unspecified atom stereocenters. The Balaban J connectivity index is 1.71. The summed E-state index contributed by atoms with van der Waals surface area (Å²) in [6.45, 7) is 0. The molecular formula is C19H18N4O5. The number of aromatic carboxylic acids is 1. The highest BCUT2D eigenvalue weighted by molar-refractivity contribution is 6.02. The summed E-state index contributed by atoms with van der Waals surface area (Å²) in [7, 11) is 1.60. The van der Waals surface area contributed by atoms with Gasteiger partial charge < -0.3 is 25.4 Å². The van der Waals surface area contributed by atoms with Gasteiger partial charge in [0.2, 0.25) is 17.6 Å². The number of rotatable bonds is 7. The average Bonchev–Trinajstić information content (AvgIpc) is 3.15. The summed E-state index contributed by atoms with van der Waals surface area (Å²) in [5, 5.41) is 27.9. The molecule has 28 heavy (non-hydrogen) atoms. The number of carboxylic acid groups (broad SMARTS) is 1. The van der Waals surface area contributed by atoms with Crippen LogP contribution in [0.25, 0.3) is 11.4 Å². The minimum atomic E-state index is -1.13. The molecule has 4 N–H and O–H groups in total. The predicted molar refractivity (Wildman–Crippen MR) is 100.0 cm³/mol. The average molecular weight is 382 g/mol. The van der Waals surface area contributed by atoms with E-state index in [9.17, 15) is 19.8 Å². The van der Waals surface area contributed by atoms with Crippen LogP contribution in [-0.4, -0.2) is 45.3 Å². The number of phenols is 1. The molecule has 0 saturated carbocycles. The predicted octanol–water partition coefficient (Wildman–Crippen LogP) is 1.91. The minimum absolute atomic E-state index is 0.00175. The zero-order chi connectivity index (χ0) is 20.1. The van der Waals surface area contributed by atoms with Crippen LogP contribution in [0, 0.1) is 0 Å². The van der Waals surface area contributed by atoms with E-state index in [2.05, 4.69) is 20.8 Å². The zero-order valence-electron chi connectivity index (χ0n) is 14.9. The monoisotopic (exact) mass is 382 g/mol. The van der Waals surface area contributed by atoms with E-state index in [0.29, 0.717) is 11.4 Å². The Labute approximate surface area is 160 Å². The number of nitrogens with one attached hydrogen (secondary N) is 2. The Bertz CT molecular complexity index is 984. The van der Waals surface area contributed by atoms with E-state index in [-0.39, 0.29) is 29.3 Å². The first-order valence-corrected chi connectivity index (χ1v) is 8.40. The molecule has 9 heteroatoms. The maximum Gasteiger partial charge on any atom is 0.337 e. The zero-order valence-corrected chi connectivity index (χ0v) is 14.9. The number of anilines is 1. The topological polar surface area (TPSA) is 138 Å². The molecule has 0 bridgehead atoms. The number of aromatic nitrogens is 2. The number of nitrogens with zero attached hydrogens (tertiary/aromatic N) is 2. The lowest BCUT2D eigenvalue weighted by Crippen LogP contribution is -2.40. The second-order valence-electron chi connectivity index (χ2n) is 5.94. The number of para-hydroxylation sites is 1. The summed E-state index contributed by atoms with van der Waals surface area (Å²) in [4.78, 5) is 28.1. The van der Waals surface area contributed by atoms with Gasteiger partial charge in [-0.1, -0.05) is 17.3 Å². The largest absolute Gasteiger partial charge is 0.508 e. The SMILES string of the molecule is CNC(Cc1nc(-c2ccc(O)cc2)no1)C(=O)Nc1ccccc1C(=O)O. The van der Waals surface area contributed by atoms with Crippen LogP contribution < -0.4 is 10.6 Å². The number of hydrogen-bond acceptors (Lipinski definition) is 7. The minimum Gasteiger partial charge on any atom is -0.508 e. The molecule has 0 saturated heterocycles. The fraction of sp³-hybridized carbons (Fsp3) is 0.158. The van der Waals surface area contributed by atoms with Gasteiger partial charge in [-0.2, -0.15) is 4.98 Å². The highest BCUT2D eigenvalue weighted by Gasteiger charge is 2.22. The molecule has 0 aliphatic carbocycles. The number of aromatic hydroxyl groups is 1. The molecule has 0 fully saturated rings. The van der Waals surface area contributed by atoms with Gasteiger partial charge in [-0.25, -0.2) is 4.79 Å². The van der Waals surface area contributed by atoms with Crippen molar-refractivity contribution in [2.45, 2.75) is 12.5 Å². The third-order valence-corrected chi connectivity index (χ3v) is 4.05.